The van der Waals surface area contributed by atoms with Crippen LogP contribution >= 0.6 is 11.3 Å². The minimum absolute atomic E-state index is 0.294. The highest BCUT2D eigenvalue weighted by Gasteiger charge is 2.17. The minimum atomic E-state index is -0.935. The highest BCUT2D eigenvalue weighted by atomic mass is 32.1. The molecule has 6 heteroatoms. The first-order valence-corrected chi connectivity index (χ1v) is 7.21. The number of nitriles is 1. The predicted octanol–water partition coefficient (Wildman–Crippen LogP) is 3.22. The van der Waals surface area contributed by atoms with Crippen LogP contribution < -0.4 is 0 Å². The average molecular weight is 297 g/mol. The number of fused-ring (bicyclic) bond motifs is 1. The summed E-state index contributed by atoms with van der Waals surface area (Å²) in [7, 11) is 0. The van der Waals surface area contributed by atoms with E-state index in [9.17, 15) is 4.79 Å². The van der Waals surface area contributed by atoms with Gasteiger partial charge in [0.15, 0.2) is 0 Å². The molecule has 0 saturated heterocycles. The molecule has 104 valence electrons. The molecule has 0 spiro atoms. The first-order chi connectivity index (χ1) is 10.1. The van der Waals surface area contributed by atoms with Gasteiger partial charge in [0.2, 0.25) is 0 Å². The summed E-state index contributed by atoms with van der Waals surface area (Å²) in [5, 5.41) is 23.5. The Balaban J connectivity index is 2.26. The Morgan fingerprint density at radius 1 is 1.48 bits per heavy atom. The lowest BCUT2D eigenvalue weighted by Gasteiger charge is -2.02. The van der Waals surface area contributed by atoms with Gasteiger partial charge in [-0.3, -0.25) is 0 Å². The topological polar surface area (TPSA) is 78.9 Å². The van der Waals surface area contributed by atoms with Crippen molar-refractivity contribution >= 4 is 27.5 Å². The van der Waals surface area contributed by atoms with E-state index in [1.807, 2.05) is 13.0 Å². The number of carbonyl (C=O) groups is 1. The fourth-order valence-corrected chi connectivity index (χ4v) is 3.21. The van der Waals surface area contributed by atoms with E-state index in [0.29, 0.717) is 10.4 Å². The summed E-state index contributed by atoms with van der Waals surface area (Å²) in [5.74, 6) is -0.935. The van der Waals surface area contributed by atoms with E-state index >= 15 is 0 Å². The Kier molecular flexibility index (Phi) is 3.20. The number of aromatic nitrogens is 2. The Bertz CT molecular complexity index is 886. The SMILES string of the molecule is CCc1nn(-c2cccc(C#N)c2)c2sc(C(=O)O)cc12. The highest BCUT2D eigenvalue weighted by molar-refractivity contribution is 7.20. The van der Waals surface area contributed by atoms with Crippen LogP contribution in [0.2, 0.25) is 0 Å². The molecular weight excluding hydrogens is 286 g/mol. The molecule has 0 aliphatic heterocycles. The molecule has 0 amide bonds. The summed E-state index contributed by atoms with van der Waals surface area (Å²) < 4.78 is 1.71. The van der Waals surface area contributed by atoms with Crippen molar-refractivity contribution in [1.82, 2.24) is 9.78 Å². The zero-order chi connectivity index (χ0) is 15.0. The van der Waals surface area contributed by atoms with Crippen LogP contribution in [-0.2, 0) is 6.42 Å². The molecule has 3 rings (SSSR count). The van der Waals surface area contributed by atoms with Crippen molar-refractivity contribution in [2.24, 2.45) is 0 Å². The second kappa shape index (κ2) is 5.04. The van der Waals surface area contributed by atoms with Crippen molar-refractivity contribution < 1.29 is 9.90 Å². The summed E-state index contributed by atoms with van der Waals surface area (Å²) >= 11 is 1.19. The van der Waals surface area contributed by atoms with Gasteiger partial charge < -0.3 is 5.11 Å². The third-order valence-electron chi connectivity index (χ3n) is 3.20. The number of aromatic carboxylic acids is 1. The van der Waals surface area contributed by atoms with E-state index in [1.165, 1.54) is 11.3 Å². The van der Waals surface area contributed by atoms with Crippen LogP contribution in [0.3, 0.4) is 0 Å². The first kappa shape index (κ1) is 13.3. The molecule has 3 aromatic rings. The van der Waals surface area contributed by atoms with Gasteiger partial charge in [-0.1, -0.05) is 13.0 Å². The largest absolute Gasteiger partial charge is 0.477 e. The lowest BCUT2D eigenvalue weighted by molar-refractivity contribution is 0.0702. The maximum Gasteiger partial charge on any atom is 0.345 e. The monoisotopic (exact) mass is 297 g/mol. The Hall–Kier alpha value is -2.65. The Morgan fingerprint density at radius 3 is 2.95 bits per heavy atom. The normalized spacial score (nSPS) is 10.7. The summed E-state index contributed by atoms with van der Waals surface area (Å²) in [5.41, 5.74) is 2.16. The number of rotatable bonds is 3. The number of hydrogen-bond acceptors (Lipinski definition) is 4. The van der Waals surface area contributed by atoms with Crippen LogP contribution in [0.4, 0.5) is 0 Å². The van der Waals surface area contributed by atoms with Gasteiger partial charge in [-0.25, -0.2) is 9.48 Å². The minimum Gasteiger partial charge on any atom is -0.477 e. The van der Waals surface area contributed by atoms with E-state index in [4.69, 9.17) is 10.4 Å². The van der Waals surface area contributed by atoms with Crippen molar-refractivity contribution in [2.75, 3.05) is 0 Å². The van der Waals surface area contributed by atoms with Crippen LogP contribution in [0.5, 0.6) is 0 Å². The fraction of sp³-hybridized carbons (Fsp3) is 0.133. The van der Waals surface area contributed by atoms with E-state index in [0.717, 1.165) is 28.0 Å². The van der Waals surface area contributed by atoms with Crippen LogP contribution in [-0.4, -0.2) is 20.9 Å². The third kappa shape index (κ3) is 2.18. The van der Waals surface area contributed by atoms with Crippen molar-refractivity contribution in [2.45, 2.75) is 13.3 Å². The van der Waals surface area contributed by atoms with Crippen LogP contribution in [0.15, 0.2) is 30.3 Å². The molecule has 0 atom stereocenters. The van der Waals surface area contributed by atoms with Gasteiger partial charge in [0.05, 0.1) is 23.0 Å². The number of carboxylic acid groups (broad SMARTS) is 1. The molecule has 0 unspecified atom stereocenters. The lowest BCUT2D eigenvalue weighted by Crippen LogP contribution is -1.97. The molecule has 1 N–H and O–H groups in total. The zero-order valence-electron chi connectivity index (χ0n) is 11.2. The number of carboxylic acids is 1. The van der Waals surface area contributed by atoms with Crippen molar-refractivity contribution in [1.29, 1.82) is 5.26 Å². The zero-order valence-corrected chi connectivity index (χ0v) is 12.0. The second-order valence-electron chi connectivity index (χ2n) is 4.51. The predicted molar refractivity (Wildman–Crippen MR) is 80.0 cm³/mol. The molecule has 0 fully saturated rings. The van der Waals surface area contributed by atoms with Crippen molar-refractivity contribution in [3.63, 3.8) is 0 Å². The van der Waals surface area contributed by atoms with Gasteiger partial charge >= 0.3 is 5.97 Å². The molecule has 0 aliphatic carbocycles. The van der Waals surface area contributed by atoms with E-state index in [-0.39, 0.29) is 0 Å². The maximum absolute atomic E-state index is 11.2. The van der Waals surface area contributed by atoms with Crippen molar-refractivity contribution in [3.05, 3.63) is 46.5 Å². The average Bonchev–Trinajstić information content (AvgIpc) is 3.06. The van der Waals surface area contributed by atoms with E-state index in [1.54, 1.807) is 28.9 Å². The molecule has 2 aromatic heterocycles. The summed E-state index contributed by atoms with van der Waals surface area (Å²) in [6.45, 7) is 1.98. The number of aryl methyl sites for hydroxylation is 1. The molecule has 0 aliphatic rings. The van der Waals surface area contributed by atoms with Crippen LogP contribution in [0, 0.1) is 11.3 Å². The summed E-state index contributed by atoms with van der Waals surface area (Å²) in [4.78, 5) is 12.2. The molecule has 0 saturated carbocycles. The highest BCUT2D eigenvalue weighted by Crippen LogP contribution is 2.31. The van der Waals surface area contributed by atoms with Crippen LogP contribution in [0.1, 0.15) is 27.9 Å². The van der Waals surface area contributed by atoms with Gasteiger partial charge in [0.25, 0.3) is 0 Å². The molecule has 5 nitrogen and oxygen atoms in total. The molecule has 0 radical (unpaired) electrons. The van der Waals surface area contributed by atoms with Gasteiger partial charge in [-0.15, -0.1) is 11.3 Å². The lowest BCUT2D eigenvalue weighted by atomic mass is 10.2. The van der Waals surface area contributed by atoms with Gasteiger partial charge in [0, 0.05) is 5.39 Å². The van der Waals surface area contributed by atoms with Crippen LogP contribution in [0.25, 0.3) is 15.9 Å². The summed E-state index contributed by atoms with van der Waals surface area (Å²) in [6, 6.07) is 10.9. The smallest absolute Gasteiger partial charge is 0.345 e. The van der Waals surface area contributed by atoms with Crippen molar-refractivity contribution in [3.8, 4) is 11.8 Å². The fourth-order valence-electron chi connectivity index (χ4n) is 2.21. The number of benzene rings is 1. The molecule has 21 heavy (non-hydrogen) atoms. The van der Waals surface area contributed by atoms with E-state index < -0.39 is 5.97 Å². The number of thiophene rings is 1. The van der Waals surface area contributed by atoms with Gasteiger partial charge in [-0.2, -0.15) is 10.4 Å². The quantitative estimate of drug-likeness (QED) is 0.805. The molecule has 0 bridgehead atoms. The molecule has 2 heterocycles. The number of hydrogen-bond donors (Lipinski definition) is 1. The standard InChI is InChI=1S/C15H11N3O2S/c1-2-12-11-7-13(15(19)20)21-14(11)18(17-12)10-5-3-4-9(6-10)8-16/h3-7H,2H2,1H3,(H,19,20). The van der Waals surface area contributed by atoms with E-state index in [2.05, 4.69) is 11.2 Å². The third-order valence-corrected chi connectivity index (χ3v) is 4.30. The Labute approximate surface area is 124 Å². The summed E-state index contributed by atoms with van der Waals surface area (Å²) in [6.07, 6.45) is 0.719. The second-order valence-corrected chi connectivity index (χ2v) is 5.54. The Morgan fingerprint density at radius 2 is 2.29 bits per heavy atom. The maximum atomic E-state index is 11.2. The van der Waals surface area contributed by atoms with Gasteiger partial charge in [0.1, 0.15) is 9.71 Å². The molecular formula is C15H11N3O2S. The molecule has 1 aromatic carbocycles. The number of nitrogens with zero attached hydrogens (tertiary/aromatic N) is 3. The first-order valence-electron chi connectivity index (χ1n) is 6.39. The van der Waals surface area contributed by atoms with Gasteiger partial charge in [-0.05, 0) is 30.7 Å².